The average Bonchev–Trinajstić information content (AvgIpc) is 3.01. The fourth-order valence-electron chi connectivity index (χ4n) is 2.21. The molecule has 1 atom stereocenters. The predicted octanol–water partition coefficient (Wildman–Crippen LogP) is 2.21. The maximum Gasteiger partial charge on any atom is 0.146 e. The summed E-state index contributed by atoms with van der Waals surface area (Å²) in [5, 5.41) is 7.67. The lowest BCUT2D eigenvalue weighted by atomic mass is 10.2. The summed E-state index contributed by atoms with van der Waals surface area (Å²) in [5.41, 5.74) is 1.31. The molecule has 0 aliphatic heterocycles. The maximum absolute atomic E-state index is 4.34. The summed E-state index contributed by atoms with van der Waals surface area (Å²) < 4.78 is 4.15. The van der Waals surface area contributed by atoms with Gasteiger partial charge in [-0.1, -0.05) is 13.8 Å². The molecule has 0 saturated heterocycles. The van der Waals surface area contributed by atoms with Crippen LogP contribution in [0.1, 0.15) is 44.6 Å². The summed E-state index contributed by atoms with van der Waals surface area (Å²) in [6.45, 7) is 9.15. The zero-order chi connectivity index (χ0) is 13.7. The van der Waals surface area contributed by atoms with Crippen LogP contribution < -0.4 is 5.32 Å². The van der Waals surface area contributed by atoms with Crippen LogP contribution in [0.2, 0.25) is 0 Å². The van der Waals surface area contributed by atoms with E-state index in [1.807, 2.05) is 4.68 Å². The van der Waals surface area contributed by atoms with Crippen molar-refractivity contribution >= 4 is 0 Å². The fourth-order valence-corrected chi connectivity index (χ4v) is 2.21. The summed E-state index contributed by atoms with van der Waals surface area (Å²) in [6.07, 6.45) is 6.99. The average molecular weight is 261 g/mol. The summed E-state index contributed by atoms with van der Waals surface area (Å²) in [4.78, 5) is 4.34. The molecule has 0 aromatic carbocycles. The van der Waals surface area contributed by atoms with Gasteiger partial charge in [-0.25, -0.2) is 9.67 Å². The van der Waals surface area contributed by atoms with E-state index in [-0.39, 0.29) is 0 Å². The molecule has 1 unspecified atom stereocenters. The fraction of sp³-hybridized carbons (Fsp3) is 0.571. The smallest absolute Gasteiger partial charge is 0.146 e. The van der Waals surface area contributed by atoms with E-state index in [2.05, 4.69) is 59.2 Å². The molecule has 2 heterocycles. The van der Waals surface area contributed by atoms with Crippen molar-refractivity contribution in [3.63, 3.8) is 0 Å². The largest absolute Gasteiger partial charge is 0.346 e. The first-order valence-electron chi connectivity index (χ1n) is 7.00. The van der Waals surface area contributed by atoms with Crippen LogP contribution in [0.15, 0.2) is 24.8 Å². The molecule has 0 fully saturated rings. The summed E-state index contributed by atoms with van der Waals surface area (Å²) in [5.74, 6) is 1.01. The van der Waals surface area contributed by atoms with Crippen molar-refractivity contribution in [3.05, 3.63) is 36.2 Å². The molecule has 19 heavy (non-hydrogen) atoms. The van der Waals surface area contributed by atoms with E-state index in [1.54, 1.807) is 6.33 Å². The highest BCUT2D eigenvalue weighted by molar-refractivity contribution is 5.15. The Morgan fingerprint density at radius 1 is 1.37 bits per heavy atom. The lowest BCUT2D eigenvalue weighted by molar-refractivity contribution is 0.553. The minimum Gasteiger partial charge on any atom is -0.346 e. The molecule has 2 aromatic rings. The lowest BCUT2D eigenvalue weighted by Crippen LogP contribution is -2.17. The van der Waals surface area contributed by atoms with Crippen LogP contribution in [-0.4, -0.2) is 25.9 Å². The molecule has 0 spiro atoms. The number of rotatable bonds is 7. The third-order valence-electron chi connectivity index (χ3n) is 3.24. The molecule has 0 aliphatic rings. The Balaban J connectivity index is 2.05. The zero-order valence-corrected chi connectivity index (χ0v) is 12.0. The van der Waals surface area contributed by atoms with Gasteiger partial charge in [-0.15, -0.1) is 0 Å². The van der Waals surface area contributed by atoms with E-state index in [0.717, 1.165) is 31.9 Å². The van der Waals surface area contributed by atoms with Crippen LogP contribution in [0.25, 0.3) is 0 Å². The molecule has 0 aliphatic carbocycles. The van der Waals surface area contributed by atoms with Gasteiger partial charge in [0.25, 0.3) is 0 Å². The topological polar surface area (TPSA) is 47.7 Å². The Labute approximate surface area is 114 Å². The second-order valence-electron chi connectivity index (χ2n) is 4.80. The van der Waals surface area contributed by atoms with Gasteiger partial charge in [0.05, 0.1) is 6.54 Å². The van der Waals surface area contributed by atoms with Gasteiger partial charge >= 0.3 is 0 Å². The molecular formula is C14H23N5. The van der Waals surface area contributed by atoms with Crippen LogP contribution in [0, 0.1) is 0 Å². The van der Waals surface area contributed by atoms with E-state index in [4.69, 9.17) is 0 Å². The Morgan fingerprint density at radius 2 is 2.21 bits per heavy atom. The number of nitrogens with one attached hydrogen (secondary N) is 1. The SMILES string of the molecule is CCCn1ncnc1Cn1ccc(C(C)NCC)c1. The minimum atomic E-state index is 0.389. The third kappa shape index (κ3) is 3.44. The van der Waals surface area contributed by atoms with E-state index < -0.39 is 0 Å². The van der Waals surface area contributed by atoms with Gasteiger partial charge in [0, 0.05) is 25.0 Å². The first-order valence-corrected chi connectivity index (χ1v) is 7.00. The van der Waals surface area contributed by atoms with E-state index in [9.17, 15) is 0 Å². The highest BCUT2D eigenvalue weighted by Crippen LogP contribution is 2.13. The van der Waals surface area contributed by atoms with Gasteiger partial charge in [-0.05, 0) is 31.5 Å². The Hall–Kier alpha value is -1.62. The van der Waals surface area contributed by atoms with E-state index in [1.165, 1.54) is 5.56 Å². The second kappa shape index (κ2) is 6.52. The van der Waals surface area contributed by atoms with E-state index >= 15 is 0 Å². The molecule has 0 amide bonds. The van der Waals surface area contributed by atoms with Crippen LogP contribution in [0.5, 0.6) is 0 Å². The summed E-state index contributed by atoms with van der Waals surface area (Å²) in [7, 11) is 0. The van der Waals surface area contributed by atoms with Crippen LogP contribution >= 0.6 is 0 Å². The van der Waals surface area contributed by atoms with Gasteiger partial charge in [-0.3, -0.25) is 0 Å². The van der Waals surface area contributed by atoms with Crippen molar-refractivity contribution in [2.75, 3.05) is 6.54 Å². The predicted molar refractivity (Wildman–Crippen MR) is 75.9 cm³/mol. The highest BCUT2D eigenvalue weighted by atomic mass is 15.3. The Morgan fingerprint density at radius 3 is 2.95 bits per heavy atom. The standard InChI is InChI=1S/C14H23N5/c1-4-7-19-14(16-11-17-19)10-18-8-6-13(9-18)12(3)15-5-2/h6,8-9,11-12,15H,4-5,7,10H2,1-3H3. The number of aromatic nitrogens is 4. The first kappa shape index (κ1) is 13.8. The van der Waals surface area contributed by atoms with Crippen molar-refractivity contribution in [1.82, 2.24) is 24.6 Å². The molecule has 5 nitrogen and oxygen atoms in total. The summed E-state index contributed by atoms with van der Waals surface area (Å²) in [6, 6.07) is 2.55. The molecule has 0 bridgehead atoms. The third-order valence-corrected chi connectivity index (χ3v) is 3.24. The molecule has 104 valence electrons. The van der Waals surface area contributed by atoms with Gasteiger partial charge in [0.1, 0.15) is 12.2 Å². The molecule has 0 saturated carbocycles. The summed E-state index contributed by atoms with van der Waals surface area (Å²) >= 11 is 0. The molecule has 2 rings (SSSR count). The first-order chi connectivity index (χ1) is 9.24. The van der Waals surface area contributed by atoms with Crippen LogP contribution in [0.3, 0.4) is 0 Å². The molecule has 5 heteroatoms. The second-order valence-corrected chi connectivity index (χ2v) is 4.80. The quantitative estimate of drug-likeness (QED) is 0.831. The van der Waals surface area contributed by atoms with E-state index in [0.29, 0.717) is 6.04 Å². The molecule has 1 N–H and O–H groups in total. The number of hydrogen-bond acceptors (Lipinski definition) is 3. The van der Waals surface area contributed by atoms with Crippen molar-refractivity contribution in [2.24, 2.45) is 0 Å². The van der Waals surface area contributed by atoms with Crippen LogP contribution in [0.4, 0.5) is 0 Å². The van der Waals surface area contributed by atoms with Gasteiger partial charge < -0.3 is 9.88 Å². The van der Waals surface area contributed by atoms with Crippen molar-refractivity contribution < 1.29 is 0 Å². The normalized spacial score (nSPS) is 12.8. The molecular weight excluding hydrogens is 238 g/mol. The highest BCUT2D eigenvalue weighted by Gasteiger charge is 2.08. The lowest BCUT2D eigenvalue weighted by Gasteiger charge is -2.10. The molecule has 2 aromatic heterocycles. The monoisotopic (exact) mass is 261 g/mol. The number of aryl methyl sites for hydroxylation is 1. The number of nitrogens with zero attached hydrogens (tertiary/aromatic N) is 4. The van der Waals surface area contributed by atoms with Crippen LogP contribution in [-0.2, 0) is 13.1 Å². The van der Waals surface area contributed by atoms with Crippen molar-refractivity contribution in [1.29, 1.82) is 0 Å². The van der Waals surface area contributed by atoms with Gasteiger partial charge in [-0.2, -0.15) is 5.10 Å². The van der Waals surface area contributed by atoms with Crippen molar-refractivity contribution in [3.8, 4) is 0 Å². The molecule has 0 radical (unpaired) electrons. The zero-order valence-electron chi connectivity index (χ0n) is 12.0. The Kier molecular flexibility index (Phi) is 4.74. The maximum atomic E-state index is 4.34. The van der Waals surface area contributed by atoms with Gasteiger partial charge in [0.15, 0.2) is 0 Å². The van der Waals surface area contributed by atoms with Gasteiger partial charge in [0.2, 0.25) is 0 Å². The minimum absolute atomic E-state index is 0.389. The Bertz CT molecular complexity index is 499. The van der Waals surface area contributed by atoms with Crippen molar-refractivity contribution in [2.45, 2.75) is 46.3 Å². The number of hydrogen-bond donors (Lipinski definition) is 1.